The van der Waals surface area contributed by atoms with Gasteiger partial charge in [-0.2, -0.15) is 0 Å². The fourth-order valence-corrected chi connectivity index (χ4v) is 2.06. The quantitative estimate of drug-likeness (QED) is 0.695. The summed E-state index contributed by atoms with van der Waals surface area (Å²) in [6.45, 7) is 7.60. The zero-order valence-electron chi connectivity index (χ0n) is 12.3. The Morgan fingerprint density at radius 2 is 2.05 bits per heavy atom. The average molecular weight is 266 g/mol. The molecular weight excluding hydrogens is 240 g/mol. The van der Waals surface area contributed by atoms with E-state index in [1.54, 1.807) is 0 Å². The minimum atomic E-state index is 0.195. The van der Waals surface area contributed by atoms with E-state index in [1.807, 2.05) is 26.0 Å². The van der Waals surface area contributed by atoms with Gasteiger partial charge in [0.2, 0.25) is 0 Å². The van der Waals surface area contributed by atoms with Gasteiger partial charge in [-0.25, -0.2) is 0 Å². The van der Waals surface area contributed by atoms with Gasteiger partial charge in [0.05, 0.1) is 13.2 Å². The normalized spacial score (nSPS) is 12.7. The standard InChI is InChI=1S/C15H26N2O2/c1-4-18-10-9-17(3)15(12-16)13-7-6-8-14(11-13)19-5-2/h6-8,11,15H,4-5,9-10,12,16H2,1-3H3. The zero-order valence-corrected chi connectivity index (χ0v) is 12.3. The maximum atomic E-state index is 5.91. The summed E-state index contributed by atoms with van der Waals surface area (Å²) in [5, 5.41) is 0. The van der Waals surface area contributed by atoms with Gasteiger partial charge in [-0.15, -0.1) is 0 Å². The lowest BCUT2D eigenvalue weighted by Crippen LogP contribution is -2.33. The minimum Gasteiger partial charge on any atom is -0.494 e. The number of nitrogens with zero attached hydrogens (tertiary/aromatic N) is 1. The van der Waals surface area contributed by atoms with Gasteiger partial charge in [0.25, 0.3) is 0 Å². The van der Waals surface area contributed by atoms with Crippen LogP contribution in [0.3, 0.4) is 0 Å². The minimum absolute atomic E-state index is 0.195. The second-order valence-electron chi connectivity index (χ2n) is 4.43. The van der Waals surface area contributed by atoms with Crippen LogP contribution in [-0.4, -0.2) is 44.9 Å². The molecule has 1 unspecified atom stereocenters. The molecule has 0 amide bonds. The molecule has 0 aliphatic rings. The lowest BCUT2D eigenvalue weighted by atomic mass is 10.1. The highest BCUT2D eigenvalue weighted by atomic mass is 16.5. The highest BCUT2D eigenvalue weighted by molar-refractivity contribution is 5.30. The van der Waals surface area contributed by atoms with Crippen molar-refractivity contribution in [1.82, 2.24) is 4.90 Å². The topological polar surface area (TPSA) is 47.7 Å². The number of hydrogen-bond donors (Lipinski definition) is 1. The van der Waals surface area contributed by atoms with Crippen LogP contribution >= 0.6 is 0 Å². The number of likely N-dealkylation sites (N-methyl/N-ethyl adjacent to an activating group) is 1. The highest BCUT2D eigenvalue weighted by Gasteiger charge is 2.15. The van der Waals surface area contributed by atoms with Gasteiger partial charge in [0.15, 0.2) is 0 Å². The molecule has 108 valence electrons. The molecular formula is C15H26N2O2. The Balaban J connectivity index is 2.69. The molecule has 0 radical (unpaired) electrons. The molecule has 19 heavy (non-hydrogen) atoms. The van der Waals surface area contributed by atoms with Crippen LogP contribution in [0.2, 0.25) is 0 Å². The lowest BCUT2D eigenvalue weighted by molar-refractivity contribution is 0.108. The highest BCUT2D eigenvalue weighted by Crippen LogP contribution is 2.22. The number of ether oxygens (including phenoxy) is 2. The van der Waals surface area contributed by atoms with Crippen LogP contribution in [0, 0.1) is 0 Å². The second kappa shape index (κ2) is 8.91. The van der Waals surface area contributed by atoms with Gasteiger partial charge in [-0.1, -0.05) is 12.1 Å². The van der Waals surface area contributed by atoms with Crippen LogP contribution in [0.15, 0.2) is 24.3 Å². The number of hydrogen-bond acceptors (Lipinski definition) is 4. The SMILES string of the molecule is CCOCCN(C)C(CN)c1cccc(OCC)c1. The van der Waals surface area contributed by atoms with Crippen molar-refractivity contribution in [2.75, 3.05) is 40.0 Å². The number of rotatable bonds is 9. The van der Waals surface area contributed by atoms with Gasteiger partial charge in [-0.05, 0) is 38.6 Å². The van der Waals surface area contributed by atoms with Gasteiger partial charge < -0.3 is 15.2 Å². The first kappa shape index (κ1) is 16.0. The third-order valence-corrected chi connectivity index (χ3v) is 3.10. The van der Waals surface area contributed by atoms with Crippen molar-refractivity contribution in [3.05, 3.63) is 29.8 Å². The first-order valence-electron chi connectivity index (χ1n) is 6.93. The summed E-state index contributed by atoms with van der Waals surface area (Å²) >= 11 is 0. The summed E-state index contributed by atoms with van der Waals surface area (Å²) in [4.78, 5) is 2.22. The molecule has 4 nitrogen and oxygen atoms in total. The van der Waals surface area contributed by atoms with Crippen molar-refractivity contribution >= 4 is 0 Å². The molecule has 0 bridgehead atoms. The smallest absolute Gasteiger partial charge is 0.119 e. The summed E-state index contributed by atoms with van der Waals surface area (Å²) < 4.78 is 10.9. The lowest BCUT2D eigenvalue weighted by Gasteiger charge is -2.27. The molecule has 0 spiro atoms. The molecule has 4 heteroatoms. The van der Waals surface area contributed by atoms with Crippen molar-refractivity contribution in [2.24, 2.45) is 5.73 Å². The van der Waals surface area contributed by atoms with E-state index in [-0.39, 0.29) is 6.04 Å². The molecule has 0 saturated heterocycles. The molecule has 0 fully saturated rings. The maximum absolute atomic E-state index is 5.91. The molecule has 0 aromatic heterocycles. The molecule has 1 atom stereocenters. The van der Waals surface area contributed by atoms with Crippen LogP contribution in [0.4, 0.5) is 0 Å². The van der Waals surface area contributed by atoms with Crippen molar-refractivity contribution in [3.63, 3.8) is 0 Å². The Morgan fingerprint density at radius 1 is 1.26 bits per heavy atom. The van der Waals surface area contributed by atoms with E-state index in [2.05, 4.69) is 24.1 Å². The van der Waals surface area contributed by atoms with E-state index >= 15 is 0 Å². The van der Waals surface area contributed by atoms with Crippen molar-refractivity contribution in [3.8, 4) is 5.75 Å². The van der Waals surface area contributed by atoms with Crippen LogP contribution in [-0.2, 0) is 4.74 Å². The first-order valence-corrected chi connectivity index (χ1v) is 6.93. The molecule has 1 rings (SSSR count). The van der Waals surface area contributed by atoms with Crippen LogP contribution in [0.1, 0.15) is 25.5 Å². The van der Waals surface area contributed by atoms with Crippen molar-refractivity contribution in [1.29, 1.82) is 0 Å². The fraction of sp³-hybridized carbons (Fsp3) is 0.600. The summed E-state index contributed by atoms with van der Waals surface area (Å²) in [7, 11) is 2.07. The summed E-state index contributed by atoms with van der Waals surface area (Å²) in [6.07, 6.45) is 0. The molecule has 0 aliphatic heterocycles. The molecule has 1 aromatic carbocycles. The fourth-order valence-electron chi connectivity index (χ4n) is 2.06. The average Bonchev–Trinajstić information content (AvgIpc) is 2.41. The van der Waals surface area contributed by atoms with Crippen LogP contribution in [0.25, 0.3) is 0 Å². The van der Waals surface area contributed by atoms with E-state index in [0.29, 0.717) is 13.2 Å². The Bertz CT molecular complexity index is 358. The Labute approximate surface area is 116 Å². The molecule has 0 aliphatic carbocycles. The van der Waals surface area contributed by atoms with Gasteiger partial charge in [0, 0.05) is 25.7 Å². The monoisotopic (exact) mass is 266 g/mol. The second-order valence-corrected chi connectivity index (χ2v) is 4.43. The largest absolute Gasteiger partial charge is 0.494 e. The molecule has 0 heterocycles. The predicted octanol–water partition coefficient (Wildman–Crippen LogP) is 2.05. The van der Waals surface area contributed by atoms with Crippen LogP contribution < -0.4 is 10.5 Å². The third kappa shape index (κ3) is 5.19. The molecule has 0 saturated carbocycles. The van der Waals surface area contributed by atoms with Crippen molar-refractivity contribution < 1.29 is 9.47 Å². The van der Waals surface area contributed by atoms with E-state index in [0.717, 1.165) is 25.5 Å². The summed E-state index contributed by atoms with van der Waals surface area (Å²) in [5.74, 6) is 0.900. The molecule has 1 aromatic rings. The van der Waals surface area contributed by atoms with E-state index in [4.69, 9.17) is 15.2 Å². The third-order valence-electron chi connectivity index (χ3n) is 3.10. The summed E-state index contributed by atoms with van der Waals surface area (Å²) in [6, 6.07) is 8.34. The first-order chi connectivity index (χ1) is 9.22. The van der Waals surface area contributed by atoms with Gasteiger partial charge >= 0.3 is 0 Å². The Kier molecular flexibility index (Phi) is 7.48. The molecule has 2 N–H and O–H groups in total. The zero-order chi connectivity index (χ0) is 14.1. The van der Waals surface area contributed by atoms with E-state index in [1.165, 1.54) is 5.56 Å². The van der Waals surface area contributed by atoms with E-state index < -0.39 is 0 Å². The van der Waals surface area contributed by atoms with Crippen LogP contribution in [0.5, 0.6) is 5.75 Å². The maximum Gasteiger partial charge on any atom is 0.119 e. The van der Waals surface area contributed by atoms with Gasteiger partial charge in [0.1, 0.15) is 5.75 Å². The predicted molar refractivity (Wildman–Crippen MR) is 78.5 cm³/mol. The van der Waals surface area contributed by atoms with Gasteiger partial charge in [-0.3, -0.25) is 4.90 Å². The summed E-state index contributed by atoms with van der Waals surface area (Å²) in [5.41, 5.74) is 7.10. The van der Waals surface area contributed by atoms with Crippen molar-refractivity contribution in [2.45, 2.75) is 19.9 Å². The number of benzene rings is 1. The van der Waals surface area contributed by atoms with E-state index in [9.17, 15) is 0 Å². The Hall–Kier alpha value is -1.10. The Morgan fingerprint density at radius 3 is 2.68 bits per heavy atom. The number of nitrogens with two attached hydrogens (primary N) is 1.